The predicted molar refractivity (Wildman–Crippen MR) is 85.1 cm³/mol. The second-order valence-electron chi connectivity index (χ2n) is 6.29. The number of fused-ring (bicyclic) bond motifs is 1. The third-order valence-corrected chi connectivity index (χ3v) is 3.73. The van der Waals surface area contributed by atoms with Gasteiger partial charge in [-0.25, -0.2) is 0 Å². The van der Waals surface area contributed by atoms with Crippen molar-refractivity contribution in [3.05, 3.63) is 29.3 Å². The minimum absolute atomic E-state index is 0.0857. The molecule has 0 fully saturated rings. The first kappa shape index (κ1) is 15.6. The number of hydrogen-bond acceptors (Lipinski definition) is 3. The van der Waals surface area contributed by atoms with E-state index < -0.39 is 0 Å². The molecule has 21 heavy (non-hydrogen) atoms. The molecule has 0 spiro atoms. The fourth-order valence-corrected chi connectivity index (χ4v) is 2.69. The number of ketones is 1. The van der Waals surface area contributed by atoms with Crippen molar-refractivity contribution in [2.75, 3.05) is 7.11 Å². The van der Waals surface area contributed by atoms with Gasteiger partial charge in [-0.3, -0.25) is 4.79 Å². The van der Waals surface area contributed by atoms with Crippen molar-refractivity contribution in [1.29, 1.82) is 0 Å². The average molecular weight is 288 g/mol. The molecule has 0 aromatic heterocycles. The second-order valence-corrected chi connectivity index (χ2v) is 6.29. The van der Waals surface area contributed by atoms with E-state index in [9.17, 15) is 4.79 Å². The molecule has 1 aliphatic rings. The first-order chi connectivity index (χ1) is 9.79. The summed E-state index contributed by atoms with van der Waals surface area (Å²) in [7, 11) is 1.58. The highest BCUT2D eigenvalue weighted by Gasteiger charge is 2.29. The molecule has 0 bridgehead atoms. The Balaban J connectivity index is 2.66. The first-order valence-corrected chi connectivity index (χ1v) is 7.46. The Morgan fingerprint density at radius 1 is 1.33 bits per heavy atom. The van der Waals surface area contributed by atoms with Crippen LogP contribution < -0.4 is 9.47 Å². The molecule has 2 rings (SSSR count). The normalized spacial score (nSPS) is 16.0. The van der Waals surface area contributed by atoms with Crippen molar-refractivity contribution in [2.45, 2.75) is 46.6 Å². The molecular weight excluding hydrogens is 264 g/mol. The van der Waals surface area contributed by atoms with Crippen LogP contribution in [0.1, 0.15) is 57.0 Å². The van der Waals surface area contributed by atoms with Crippen LogP contribution in [0.4, 0.5) is 0 Å². The molecule has 1 aromatic rings. The Kier molecular flexibility index (Phi) is 4.13. The molecule has 0 radical (unpaired) electrons. The quantitative estimate of drug-likeness (QED) is 0.765. The molecule has 3 heteroatoms. The van der Waals surface area contributed by atoms with Gasteiger partial charge in [0.05, 0.1) is 12.7 Å². The maximum Gasteiger partial charge on any atom is 0.166 e. The predicted octanol–water partition coefficient (Wildman–Crippen LogP) is 4.50. The largest absolute Gasteiger partial charge is 0.496 e. The van der Waals surface area contributed by atoms with E-state index >= 15 is 0 Å². The fourth-order valence-electron chi connectivity index (χ4n) is 2.69. The van der Waals surface area contributed by atoms with E-state index in [1.54, 1.807) is 7.11 Å². The number of Topliss-reactive ketones (excluding diaryl/α,β-unsaturated/α-hetero) is 1. The number of methoxy groups -OCH3 is 1. The van der Waals surface area contributed by atoms with Crippen LogP contribution in [0.2, 0.25) is 0 Å². The Morgan fingerprint density at radius 3 is 2.52 bits per heavy atom. The number of carbonyl (C=O) groups excluding carboxylic acids is 1. The highest BCUT2D eigenvalue weighted by molar-refractivity contribution is 6.00. The van der Waals surface area contributed by atoms with Crippen LogP contribution in [0.25, 0.3) is 5.57 Å². The zero-order valence-corrected chi connectivity index (χ0v) is 13.7. The standard InChI is InChI=1S/C18H24O3/c1-7-15(19)13-8-12-14(11(2)3)10-18(4,5)21-17(12)9-16(13)20-6/h8-11H,7H2,1-6H3. The number of carbonyl (C=O) groups is 1. The van der Waals surface area contributed by atoms with E-state index in [4.69, 9.17) is 9.47 Å². The molecule has 0 aliphatic carbocycles. The zero-order chi connectivity index (χ0) is 15.8. The molecule has 3 nitrogen and oxygen atoms in total. The van der Waals surface area contributed by atoms with E-state index in [0.717, 1.165) is 11.3 Å². The smallest absolute Gasteiger partial charge is 0.166 e. The van der Waals surface area contributed by atoms with Gasteiger partial charge < -0.3 is 9.47 Å². The molecule has 0 saturated heterocycles. The van der Waals surface area contributed by atoms with E-state index in [-0.39, 0.29) is 11.4 Å². The molecule has 0 N–H and O–H groups in total. The summed E-state index contributed by atoms with van der Waals surface area (Å²) in [6, 6.07) is 3.76. The van der Waals surface area contributed by atoms with Crippen LogP contribution in [-0.4, -0.2) is 18.5 Å². The molecule has 1 aromatic carbocycles. The fraction of sp³-hybridized carbons (Fsp3) is 0.500. The van der Waals surface area contributed by atoms with Gasteiger partial charge in [0.25, 0.3) is 0 Å². The van der Waals surface area contributed by atoms with Crippen LogP contribution in [-0.2, 0) is 0 Å². The molecule has 0 unspecified atom stereocenters. The van der Waals surface area contributed by atoms with Gasteiger partial charge in [0.1, 0.15) is 17.1 Å². The molecule has 0 amide bonds. The monoisotopic (exact) mass is 288 g/mol. The highest BCUT2D eigenvalue weighted by atomic mass is 16.5. The Labute approximate surface area is 127 Å². The van der Waals surface area contributed by atoms with Crippen LogP contribution in [0.15, 0.2) is 18.2 Å². The summed E-state index contributed by atoms with van der Waals surface area (Å²) in [6.45, 7) is 10.2. The van der Waals surface area contributed by atoms with Crippen LogP contribution in [0.5, 0.6) is 11.5 Å². The molecule has 0 atom stereocenters. The molecular formula is C18H24O3. The second kappa shape index (κ2) is 5.55. The maximum absolute atomic E-state index is 12.1. The lowest BCUT2D eigenvalue weighted by Crippen LogP contribution is -2.30. The zero-order valence-electron chi connectivity index (χ0n) is 13.7. The highest BCUT2D eigenvalue weighted by Crippen LogP contribution is 2.42. The lowest BCUT2D eigenvalue weighted by Gasteiger charge is -2.33. The summed E-state index contributed by atoms with van der Waals surface area (Å²) in [5.74, 6) is 1.82. The minimum atomic E-state index is -0.353. The number of ether oxygens (including phenoxy) is 2. The van der Waals surface area contributed by atoms with Crippen molar-refractivity contribution in [2.24, 2.45) is 5.92 Å². The van der Waals surface area contributed by atoms with E-state index in [1.165, 1.54) is 5.57 Å². The first-order valence-electron chi connectivity index (χ1n) is 7.46. The topological polar surface area (TPSA) is 35.5 Å². The van der Waals surface area contributed by atoms with Gasteiger partial charge in [-0.2, -0.15) is 0 Å². The number of rotatable bonds is 4. The number of hydrogen-bond donors (Lipinski definition) is 0. The lowest BCUT2D eigenvalue weighted by atomic mass is 9.86. The average Bonchev–Trinajstić information content (AvgIpc) is 2.43. The summed E-state index contributed by atoms with van der Waals surface area (Å²) in [6.07, 6.45) is 2.61. The summed E-state index contributed by atoms with van der Waals surface area (Å²) < 4.78 is 11.4. The van der Waals surface area contributed by atoms with Gasteiger partial charge in [-0.15, -0.1) is 0 Å². The van der Waals surface area contributed by atoms with E-state index in [0.29, 0.717) is 23.7 Å². The van der Waals surface area contributed by atoms with Gasteiger partial charge in [-0.1, -0.05) is 20.8 Å². The third kappa shape index (κ3) is 2.97. The van der Waals surface area contributed by atoms with Gasteiger partial charge >= 0.3 is 0 Å². The van der Waals surface area contributed by atoms with Gasteiger partial charge in [0, 0.05) is 18.1 Å². The van der Waals surface area contributed by atoms with Crippen LogP contribution in [0.3, 0.4) is 0 Å². The van der Waals surface area contributed by atoms with Crippen LogP contribution >= 0.6 is 0 Å². The van der Waals surface area contributed by atoms with Crippen molar-refractivity contribution in [3.8, 4) is 11.5 Å². The molecule has 1 aliphatic heterocycles. The Bertz CT molecular complexity index is 595. The lowest BCUT2D eigenvalue weighted by molar-refractivity contribution is 0.0985. The Morgan fingerprint density at radius 2 is 2.00 bits per heavy atom. The minimum Gasteiger partial charge on any atom is -0.496 e. The number of benzene rings is 1. The Hall–Kier alpha value is -1.77. The summed E-state index contributed by atoms with van der Waals surface area (Å²) >= 11 is 0. The maximum atomic E-state index is 12.1. The number of allylic oxidation sites excluding steroid dienone is 1. The summed E-state index contributed by atoms with van der Waals surface area (Å²) in [5, 5.41) is 0. The van der Waals surface area contributed by atoms with Crippen molar-refractivity contribution < 1.29 is 14.3 Å². The van der Waals surface area contributed by atoms with Crippen molar-refractivity contribution in [1.82, 2.24) is 0 Å². The van der Waals surface area contributed by atoms with Crippen molar-refractivity contribution >= 4 is 11.4 Å². The molecule has 1 heterocycles. The summed E-state index contributed by atoms with van der Waals surface area (Å²) in [4.78, 5) is 12.1. The van der Waals surface area contributed by atoms with Crippen molar-refractivity contribution in [3.63, 3.8) is 0 Å². The SMILES string of the molecule is CCC(=O)c1cc2c(cc1OC)OC(C)(C)C=C2C(C)C. The van der Waals surface area contributed by atoms with E-state index in [2.05, 4.69) is 19.9 Å². The molecule has 0 saturated carbocycles. The van der Waals surface area contributed by atoms with Gasteiger partial charge in [0.2, 0.25) is 0 Å². The van der Waals surface area contributed by atoms with Crippen LogP contribution in [0, 0.1) is 5.92 Å². The summed E-state index contributed by atoms with van der Waals surface area (Å²) in [5.41, 5.74) is 2.50. The molecule has 114 valence electrons. The van der Waals surface area contributed by atoms with Gasteiger partial charge in [0.15, 0.2) is 5.78 Å². The van der Waals surface area contributed by atoms with E-state index in [1.807, 2.05) is 32.9 Å². The third-order valence-electron chi connectivity index (χ3n) is 3.73. The van der Waals surface area contributed by atoms with Gasteiger partial charge in [-0.05, 0) is 37.5 Å².